The standard InChI is InChI=1S/C15H16N4O.C3H8.C2H6/c1-11-9-13-14(20)18-8-7-16-15(18,10-19(13)17-11)12-5-3-2-4-6-12;1-3-2;1-2/h2-6,9,16H,7-8,10H2,1H3;3H2,1-2H3;1-2H3. The van der Waals surface area contributed by atoms with Crippen LogP contribution >= 0.6 is 0 Å². The third-order valence-corrected chi connectivity index (χ3v) is 4.21. The normalized spacial score (nSPS) is 20.7. The van der Waals surface area contributed by atoms with Crippen molar-refractivity contribution in [2.24, 2.45) is 0 Å². The van der Waals surface area contributed by atoms with E-state index in [0.717, 1.165) is 24.3 Å². The molecule has 3 heterocycles. The van der Waals surface area contributed by atoms with Gasteiger partial charge in [0.1, 0.15) is 11.4 Å². The number of amides is 1. The summed E-state index contributed by atoms with van der Waals surface area (Å²) in [6.07, 6.45) is 1.25. The van der Waals surface area contributed by atoms with Gasteiger partial charge in [0, 0.05) is 13.1 Å². The fourth-order valence-corrected chi connectivity index (χ4v) is 3.33. The number of rotatable bonds is 1. The lowest BCUT2D eigenvalue weighted by Crippen LogP contribution is -2.57. The molecule has 0 bridgehead atoms. The van der Waals surface area contributed by atoms with Crippen LogP contribution in [0.15, 0.2) is 36.4 Å². The number of nitrogens with one attached hydrogen (secondary N) is 1. The highest BCUT2D eigenvalue weighted by molar-refractivity contribution is 5.94. The fraction of sp³-hybridized carbons (Fsp3) is 0.500. The van der Waals surface area contributed by atoms with Crippen LogP contribution in [0, 0.1) is 6.92 Å². The number of hydrogen-bond acceptors (Lipinski definition) is 3. The molecule has 1 amide bonds. The lowest BCUT2D eigenvalue weighted by atomic mass is 9.96. The third kappa shape index (κ3) is 3.47. The SMILES string of the molecule is CC.CCC.Cc1cc2n(n1)CC1(c3ccccc3)NCCN1C2=O. The van der Waals surface area contributed by atoms with Gasteiger partial charge >= 0.3 is 0 Å². The molecule has 1 atom stereocenters. The Balaban J connectivity index is 0.000000410. The van der Waals surface area contributed by atoms with Gasteiger partial charge in [-0.3, -0.25) is 14.8 Å². The summed E-state index contributed by atoms with van der Waals surface area (Å²) in [6.45, 7) is 12.4. The first-order chi connectivity index (χ1) is 12.1. The molecule has 1 saturated heterocycles. The van der Waals surface area contributed by atoms with E-state index in [0.29, 0.717) is 12.2 Å². The molecule has 2 aliphatic rings. The Morgan fingerprint density at radius 3 is 2.48 bits per heavy atom. The lowest BCUT2D eigenvalue weighted by molar-refractivity contribution is 0.0376. The van der Waals surface area contributed by atoms with E-state index in [2.05, 4.69) is 36.4 Å². The van der Waals surface area contributed by atoms with E-state index in [4.69, 9.17) is 0 Å². The number of aromatic nitrogens is 2. The molecule has 0 radical (unpaired) electrons. The van der Waals surface area contributed by atoms with Crippen molar-refractivity contribution in [1.29, 1.82) is 0 Å². The minimum atomic E-state index is -0.455. The molecule has 0 aliphatic carbocycles. The summed E-state index contributed by atoms with van der Waals surface area (Å²) in [5, 5.41) is 7.97. The van der Waals surface area contributed by atoms with Crippen molar-refractivity contribution in [2.75, 3.05) is 13.1 Å². The Bertz CT molecular complexity index is 695. The van der Waals surface area contributed by atoms with E-state index in [1.807, 2.05) is 54.6 Å². The number of carbonyl (C=O) groups excluding carboxylic acids is 1. The molecule has 1 fully saturated rings. The van der Waals surface area contributed by atoms with E-state index >= 15 is 0 Å². The van der Waals surface area contributed by atoms with Gasteiger partial charge in [-0.05, 0) is 18.6 Å². The maximum absolute atomic E-state index is 12.7. The quantitative estimate of drug-likeness (QED) is 0.862. The number of nitrogens with zero attached hydrogens (tertiary/aromatic N) is 3. The first kappa shape index (κ1) is 19.2. The smallest absolute Gasteiger partial charge is 0.273 e. The van der Waals surface area contributed by atoms with Crippen molar-refractivity contribution in [1.82, 2.24) is 20.0 Å². The second kappa shape index (κ2) is 8.30. The van der Waals surface area contributed by atoms with Crippen LogP contribution in [0.1, 0.15) is 55.9 Å². The molecular weight excluding hydrogens is 312 g/mol. The minimum absolute atomic E-state index is 0.0608. The molecule has 25 heavy (non-hydrogen) atoms. The summed E-state index contributed by atoms with van der Waals surface area (Å²) < 4.78 is 1.83. The maximum Gasteiger partial charge on any atom is 0.273 e. The minimum Gasteiger partial charge on any atom is -0.312 e. The van der Waals surface area contributed by atoms with E-state index in [1.54, 1.807) is 0 Å². The van der Waals surface area contributed by atoms with E-state index < -0.39 is 5.66 Å². The number of fused-ring (bicyclic) bond motifs is 2. The van der Waals surface area contributed by atoms with Gasteiger partial charge in [0.15, 0.2) is 0 Å². The summed E-state index contributed by atoms with van der Waals surface area (Å²) in [5.74, 6) is 0.0608. The largest absolute Gasteiger partial charge is 0.312 e. The van der Waals surface area contributed by atoms with Crippen molar-refractivity contribution in [3.63, 3.8) is 0 Å². The number of benzene rings is 1. The summed E-state index contributed by atoms with van der Waals surface area (Å²) >= 11 is 0. The average molecular weight is 342 g/mol. The van der Waals surface area contributed by atoms with Gasteiger partial charge in [0.25, 0.3) is 5.91 Å². The van der Waals surface area contributed by atoms with Crippen LogP contribution in [0.2, 0.25) is 0 Å². The van der Waals surface area contributed by atoms with Crippen LogP contribution in [-0.2, 0) is 12.2 Å². The predicted octanol–water partition coefficient (Wildman–Crippen LogP) is 3.55. The van der Waals surface area contributed by atoms with Crippen LogP contribution in [0.5, 0.6) is 0 Å². The number of aryl methyl sites for hydroxylation is 1. The summed E-state index contributed by atoms with van der Waals surface area (Å²) in [7, 11) is 0. The second-order valence-corrected chi connectivity index (χ2v) is 6.15. The van der Waals surface area contributed by atoms with Gasteiger partial charge in [0.2, 0.25) is 0 Å². The van der Waals surface area contributed by atoms with Crippen LogP contribution in [0.4, 0.5) is 0 Å². The van der Waals surface area contributed by atoms with Crippen molar-refractivity contribution < 1.29 is 4.79 Å². The summed E-state index contributed by atoms with van der Waals surface area (Å²) in [4.78, 5) is 14.7. The predicted molar refractivity (Wildman–Crippen MR) is 101 cm³/mol. The molecule has 1 unspecified atom stereocenters. The van der Waals surface area contributed by atoms with E-state index in [-0.39, 0.29) is 5.91 Å². The van der Waals surface area contributed by atoms with Crippen molar-refractivity contribution in [3.05, 3.63) is 53.3 Å². The van der Waals surface area contributed by atoms with Crippen molar-refractivity contribution >= 4 is 5.91 Å². The summed E-state index contributed by atoms with van der Waals surface area (Å²) in [6, 6.07) is 12.0. The van der Waals surface area contributed by atoms with Crippen LogP contribution in [-0.4, -0.2) is 33.7 Å². The highest BCUT2D eigenvalue weighted by Gasteiger charge is 2.49. The zero-order chi connectivity index (χ0) is 18.4. The fourth-order valence-electron chi connectivity index (χ4n) is 3.33. The zero-order valence-electron chi connectivity index (χ0n) is 16.0. The van der Waals surface area contributed by atoms with E-state index in [9.17, 15) is 4.79 Å². The maximum atomic E-state index is 12.7. The molecule has 5 nitrogen and oxygen atoms in total. The topological polar surface area (TPSA) is 50.2 Å². The Labute approximate surface area is 151 Å². The zero-order valence-corrected chi connectivity index (χ0v) is 16.0. The molecule has 1 aromatic heterocycles. The van der Waals surface area contributed by atoms with Gasteiger partial charge in [-0.25, -0.2) is 0 Å². The highest BCUT2D eigenvalue weighted by atomic mass is 16.2. The molecule has 1 N–H and O–H groups in total. The van der Waals surface area contributed by atoms with Crippen molar-refractivity contribution in [2.45, 2.75) is 53.2 Å². The van der Waals surface area contributed by atoms with Crippen molar-refractivity contribution in [3.8, 4) is 0 Å². The summed E-state index contributed by atoms with van der Waals surface area (Å²) in [5.41, 5.74) is 2.24. The molecule has 2 aliphatic heterocycles. The molecular formula is C20H30N4O. The number of hydrogen-bond donors (Lipinski definition) is 1. The molecule has 1 aromatic carbocycles. The van der Waals surface area contributed by atoms with Crippen LogP contribution in [0.25, 0.3) is 0 Å². The Kier molecular flexibility index (Phi) is 6.37. The second-order valence-electron chi connectivity index (χ2n) is 6.15. The van der Waals surface area contributed by atoms with Gasteiger partial charge in [0.05, 0.1) is 12.2 Å². The Morgan fingerprint density at radius 2 is 1.84 bits per heavy atom. The molecule has 4 rings (SSSR count). The molecule has 136 valence electrons. The molecule has 2 aromatic rings. The molecule has 0 spiro atoms. The van der Waals surface area contributed by atoms with Gasteiger partial charge in [-0.1, -0.05) is 64.4 Å². The van der Waals surface area contributed by atoms with Gasteiger partial charge in [-0.2, -0.15) is 5.10 Å². The lowest BCUT2D eigenvalue weighted by Gasteiger charge is -2.42. The van der Waals surface area contributed by atoms with E-state index in [1.165, 1.54) is 6.42 Å². The first-order valence-corrected chi connectivity index (χ1v) is 9.29. The number of carbonyl (C=O) groups is 1. The third-order valence-electron chi connectivity index (χ3n) is 4.21. The first-order valence-electron chi connectivity index (χ1n) is 9.29. The van der Waals surface area contributed by atoms with Gasteiger partial charge in [-0.15, -0.1) is 0 Å². The van der Waals surface area contributed by atoms with Gasteiger partial charge < -0.3 is 4.90 Å². The molecule has 5 heteroatoms. The Morgan fingerprint density at radius 1 is 1.20 bits per heavy atom. The van der Waals surface area contributed by atoms with Crippen LogP contribution in [0.3, 0.4) is 0 Å². The monoisotopic (exact) mass is 342 g/mol. The highest BCUT2D eigenvalue weighted by Crippen LogP contribution is 2.36. The molecule has 0 saturated carbocycles. The Hall–Kier alpha value is -2.14. The average Bonchev–Trinajstić information content (AvgIpc) is 3.22. The van der Waals surface area contributed by atoms with Crippen LogP contribution < -0.4 is 5.32 Å².